The number of nitrogens with zero attached hydrogens (tertiary/aromatic N) is 3. The number of aliphatic hydroxyl groups is 1. The molecule has 0 heterocycles. The lowest BCUT2D eigenvalue weighted by Crippen LogP contribution is -2.20. The second kappa shape index (κ2) is 7.72. The Morgan fingerprint density at radius 1 is 1.33 bits per heavy atom. The van der Waals surface area contributed by atoms with Gasteiger partial charge >= 0.3 is 0 Å². The van der Waals surface area contributed by atoms with Crippen molar-refractivity contribution in [3.63, 3.8) is 0 Å². The van der Waals surface area contributed by atoms with Gasteiger partial charge in [-0.2, -0.15) is 10.2 Å². The summed E-state index contributed by atoms with van der Waals surface area (Å²) in [5.74, 6) is 0. The van der Waals surface area contributed by atoms with Crippen LogP contribution >= 0.6 is 0 Å². The van der Waals surface area contributed by atoms with Crippen LogP contribution in [0.25, 0.3) is 0 Å². The van der Waals surface area contributed by atoms with Gasteiger partial charge in [-0.15, -0.1) is 0 Å². The van der Waals surface area contributed by atoms with Crippen molar-refractivity contribution < 1.29 is 13.5 Å². The highest BCUT2D eigenvalue weighted by molar-refractivity contribution is 7.91. The minimum Gasteiger partial charge on any atom is -0.395 e. The number of azo groups is 1. The van der Waals surface area contributed by atoms with E-state index in [1.54, 1.807) is 18.2 Å². The van der Waals surface area contributed by atoms with Crippen molar-refractivity contribution in [3.8, 4) is 0 Å². The molecule has 1 aliphatic carbocycles. The molecule has 6 nitrogen and oxygen atoms in total. The van der Waals surface area contributed by atoms with Crippen molar-refractivity contribution in [2.75, 3.05) is 31.4 Å². The van der Waals surface area contributed by atoms with Crippen LogP contribution in [-0.4, -0.2) is 45.2 Å². The highest BCUT2D eigenvalue weighted by atomic mass is 32.2. The molecule has 0 saturated heterocycles. The Bertz CT molecular complexity index is 782. The fourth-order valence-electron chi connectivity index (χ4n) is 2.36. The molecule has 1 atom stereocenters. The lowest BCUT2D eigenvalue weighted by Gasteiger charge is -2.18. The quantitative estimate of drug-likeness (QED) is 0.801. The van der Waals surface area contributed by atoms with Crippen molar-refractivity contribution in [1.82, 2.24) is 0 Å². The summed E-state index contributed by atoms with van der Waals surface area (Å²) >= 11 is 0. The maximum atomic E-state index is 11.5. The van der Waals surface area contributed by atoms with Gasteiger partial charge in [-0.3, -0.25) is 0 Å². The molecule has 7 heteroatoms. The van der Waals surface area contributed by atoms with Crippen LogP contribution in [0.2, 0.25) is 0 Å². The molecular weight excluding hydrogens is 326 g/mol. The number of allylic oxidation sites excluding steroid dienone is 2. The van der Waals surface area contributed by atoms with Crippen LogP contribution in [0.1, 0.15) is 12.0 Å². The number of anilines is 1. The maximum Gasteiger partial charge on any atom is 0.154 e. The molecule has 1 aliphatic rings. The summed E-state index contributed by atoms with van der Waals surface area (Å²) in [6.45, 7) is 2.63. The summed E-state index contributed by atoms with van der Waals surface area (Å²) in [5.41, 5.74) is 3.41. The first kappa shape index (κ1) is 18.4. The second-order valence-electron chi connectivity index (χ2n) is 5.91. The summed E-state index contributed by atoms with van der Waals surface area (Å²) in [7, 11) is -1.15. The molecule has 24 heavy (non-hydrogen) atoms. The molecule has 0 aromatic heterocycles. The molecule has 0 aliphatic heterocycles. The van der Waals surface area contributed by atoms with Crippen LogP contribution in [0.15, 0.2) is 52.4 Å². The maximum absolute atomic E-state index is 11.5. The number of hydrogen-bond donors (Lipinski definition) is 1. The van der Waals surface area contributed by atoms with E-state index in [0.29, 0.717) is 18.7 Å². The van der Waals surface area contributed by atoms with Crippen LogP contribution in [0.5, 0.6) is 0 Å². The van der Waals surface area contributed by atoms with Crippen LogP contribution in [0.4, 0.5) is 11.4 Å². The summed E-state index contributed by atoms with van der Waals surface area (Å²) in [5, 5.41) is 17.0. The van der Waals surface area contributed by atoms with Crippen molar-refractivity contribution in [3.05, 3.63) is 47.7 Å². The van der Waals surface area contributed by atoms with Gasteiger partial charge in [-0.1, -0.05) is 12.2 Å². The zero-order chi connectivity index (χ0) is 17.7. The Morgan fingerprint density at radius 2 is 2.08 bits per heavy atom. The first-order valence-electron chi connectivity index (χ1n) is 7.73. The third-order valence-electron chi connectivity index (χ3n) is 3.92. The number of aryl methyl sites for hydroxylation is 1. The fraction of sp³-hybridized carbons (Fsp3) is 0.412. The van der Waals surface area contributed by atoms with Crippen molar-refractivity contribution in [2.24, 2.45) is 10.2 Å². The molecule has 0 amide bonds. The molecule has 2 rings (SSSR count). The Labute approximate surface area is 143 Å². The minimum atomic E-state index is -3.07. The lowest BCUT2D eigenvalue weighted by molar-refractivity contribution is 0.304. The zero-order valence-corrected chi connectivity index (χ0v) is 15.0. The summed E-state index contributed by atoms with van der Waals surface area (Å²) in [4.78, 5) is 1.96. The molecule has 0 fully saturated rings. The standard InChI is InChI=1S/C17H23N3O3S/c1-13-12-15(20(2)10-11-21)6-9-17(13)19-18-14-4-7-16(8-5-14)24(3,22)23/h4-7,9,12,16,21H,8,10-11H2,1-3H3. The van der Waals surface area contributed by atoms with Gasteiger partial charge in [0.2, 0.25) is 0 Å². The topological polar surface area (TPSA) is 82.3 Å². The van der Waals surface area contributed by atoms with E-state index in [0.717, 1.165) is 16.9 Å². The molecule has 0 saturated carbocycles. The minimum absolute atomic E-state index is 0.103. The van der Waals surface area contributed by atoms with E-state index in [2.05, 4.69) is 10.2 Å². The van der Waals surface area contributed by atoms with Crippen molar-refractivity contribution >= 4 is 21.2 Å². The molecule has 1 N–H and O–H groups in total. The van der Waals surface area contributed by atoms with Crippen LogP contribution in [0.3, 0.4) is 0 Å². The third kappa shape index (κ3) is 4.75. The molecule has 0 bridgehead atoms. The normalized spacial score (nSPS) is 18.0. The molecular formula is C17H23N3O3S. The highest BCUT2D eigenvalue weighted by Gasteiger charge is 2.18. The first-order chi connectivity index (χ1) is 11.3. The van der Waals surface area contributed by atoms with E-state index in [4.69, 9.17) is 5.11 Å². The highest BCUT2D eigenvalue weighted by Crippen LogP contribution is 2.26. The predicted molar refractivity (Wildman–Crippen MR) is 96.5 cm³/mol. The van der Waals surface area contributed by atoms with E-state index in [1.165, 1.54) is 6.26 Å². The summed E-state index contributed by atoms with van der Waals surface area (Å²) in [6.07, 6.45) is 6.80. The number of likely N-dealkylation sites (N-methyl/N-ethyl adjacent to an activating group) is 1. The number of benzene rings is 1. The van der Waals surface area contributed by atoms with Gasteiger partial charge in [0.1, 0.15) is 0 Å². The Morgan fingerprint density at radius 3 is 2.62 bits per heavy atom. The van der Waals surface area contributed by atoms with Crippen molar-refractivity contribution in [2.45, 2.75) is 18.6 Å². The number of hydrogen-bond acceptors (Lipinski definition) is 6. The summed E-state index contributed by atoms with van der Waals surface area (Å²) in [6, 6.07) is 5.81. The predicted octanol–water partition coefficient (Wildman–Crippen LogP) is 2.76. The van der Waals surface area contributed by atoms with Gasteiger partial charge in [0, 0.05) is 25.5 Å². The van der Waals surface area contributed by atoms with E-state index in [9.17, 15) is 8.42 Å². The fourth-order valence-corrected chi connectivity index (χ4v) is 3.17. The van der Waals surface area contributed by atoms with Crippen molar-refractivity contribution in [1.29, 1.82) is 0 Å². The lowest BCUT2D eigenvalue weighted by atomic mass is 10.1. The van der Waals surface area contributed by atoms with Gasteiger partial charge in [-0.25, -0.2) is 8.42 Å². The van der Waals surface area contributed by atoms with E-state index < -0.39 is 15.1 Å². The number of sulfone groups is 1. The van der Waals surface area contributed by atoms with E-state index >= 15 is 0 Å². The molecule has 0 radical (unpaired) electrons. The Balaban J connectivity index is 2.08. The van der Waals surface area contributed by atoms with Gasteiger partial charge < -0.3 is 10.0 Å². The summed E-state index contributed by atoms with van der Waals surface area (Å²) < 4.78 is 23.0. The average molecular weight is 349 g/mol. The van der Waals surface area contributed by atoms with Crippen LogP contribution in [-0.2, 0) is 9.84 Å². The van der Waals surface area contributed by atoms with E-state index in [1.807, 2.05) is 37.1 Å². The van der Waals surface area contributed by atoms with Gasteiger partial charge in [0.15, 0.2) is 9.84 Å². The Kier molecular flexibility index (Phi) is 5.90. The Hall–Kier alpha value is -1.99. The number of rotatable bonds is 6. The SMILES string of the molecule is Cc1cc(N(C)CCO)ccc1N=NC1=CCC(S(C)(=O)=O)C=C1. The smallest absolute Gasteiger partial charge is 0.154 e. The second-order valence-corrected chi connectivity index (χ2v) is 8.17. The third-order valence-corrected chi connectivity index (χ3v) is 5.37. The average Bonchev–Trinajstić information content (AvgIpc) is 2.53. The van der Waals surface area contributed by atoms with Gasteiger partial charge in [0.05, 0.1) is 23.2 Å². The number of aliphatic hydroxyl groups excluding tert-OH is 1. The molecule has 130 valence electrons. The van der Waals surface area contributed by atoms with Gasteiger partial charge in [0.25, 0.3) is 0 Å². The first-order valence-corrected chi connectivity index (χ1v) is 9.68. The molecule has 0 spiro atoms. The van der Waals surface area contributed by atoms with Crippen LogP contribution < -0.4 is 4.90 Å². The zero-order valence-electron chi connectivity index (χ0n) is 14.2. The van der Waals surface area contributed by atoms with Gasteiger partial charge in [-0.05, 0) is 43.2 Å². The molecule has 1 unspecified atom stereocenters. The molecule has 1 aromatic carbocycles. The van der Waals surface area contributed by atoms with Crippen LogP contribution in [0, 0.1) is 6.92 Å². The largest absolute Gasteiger partial charge is 0.395 e. The van der Waals surface area contributed by atoms with E-state index in [-0.39, 0.29) is 6.61 Å². The molecule has 1 aromatic rings. The monoisotopic (exact) mass is 349 g/mol.